The van der Waals surface area contributed by atoms with Crippen LogP contribution < -0.4 is 0 Å². The second-order valence-corrected chi connectivity index (χ2v) is 5.93. The van der Waals surface area contributed by atoms with E-state index < -0.39 is 17.9 Å². The number of hydrogen-bond acceptors (Lipinski definition) is 6. The minimum atomic E-state index is -0.795. The molecular weight excluding hydrogens is 312 g/mol. The Morgan fingerprint density at radius 2 is 1.67 bits per heavy atom. The zero-order valence-electron chi connectivity index (χ0n) is 15.1. The highest BCUT2D eigenvalue weighted by molar-refractivity contribution is 5.94. The summed E-state index contributed by atoms with van der Waals surface area (Å²) in [6.07, 6.45) is 7.44. The Hall–Kier alpha value is -1.14. The Bertz CT molecular complexity index is 333. The van der Waals surface area contributed by atoms with Gasteiger partial charge in [-0.15, -0.1) is 0 Å². The number of ether oxygens (including phenoxy) is 4. The van der Waals surface area contributed by atoms with Gasteiger partial charge in [0.25, 0.3) is 0 Å². The van der Waals surface area contributed by atoms with Crippen LogP contribution in [0.4, 0.5) is 0 Å². The van der Waals surface area contributed by atoms with Gasteiger partial charge in [0.05, 0.1) is 13.2 Å². The van der Waals surface area contributed by atoms with Crippen LogP contribution >= 0.6 is 0 Å². The van der Waals surface area contributed by atoms with Gasteiger partial charge in [-0.25, -0.2) is 0 Å². The van der Waals surface area contributed by atoms with Crippen molar-refractivity contribution in [3.05, 3.63) is 0 Å². The predicted molar refractivity (Wildman–Crippen MR) is 89.4 cm³/mol. The van der Waals surface area contributed by atoms with Gasteiger partial charge < -0.3 is 18.9 Å². The van der Waals surface area contributed by atoms with E-state index in [4.69, 9.17) is 18.9 Å². The minimum absolute atomic E-state index is 0.0317. The summed E-state index contributed by atoms with van der Waals surface area (Å²) in [6.45, 7) is 5.51. The van der Waals surface area contributed by atoms with Crippen molar-refractivity contribution >= 4 is 11.9 Å². The first-order valence-corrected chi connectivity index (χ1v) is 9.25. The van der Waals surface area contributed by atoms with Crippen molar-refractivity contribution in [1.29, 1.82) is 0 Å². The Morgan fingerprint density at radius 3 is 2.25 bits per heavy atom. The average molecular weight is 344 g/mol. The molecule has 0 spiro atoms. The van der Waals surface area contributed by atoms with Crippen LogP contribution in [0.25, 0.3) is 0 Å². The number of unbranched alkanes of at least 4 members (excludes halogenated alkanes) is 3. The Kier molecular flexibility index (Phi) is 11.5. The van der Waals surface area contributed by atoms with Crippen molar-refractivity contribution in [3.8, 4) is 0 Å². The van der Waals surface area contributed by atoms with Crippen molar-refractivity contribution in [2.45, 2.75) is 71.5 Å². The fourth-order valence-corrected chi connectivity index (χ4v) is 2.68. The summed E-state index contributed by atoms with van der Waals surface area (Å²) in [5, 5.41) is 0. The molecule has 1 atom stereocenters. The van der Waals surface area contributed by atoms with Gasteiger partial charge in [-0.3, -0.25) is 9.59 Å². The third-order valence-corrected chi connectivity index (χ3v) is 3.97. The normalized spacial score (nSPS) is 17.7. The lowest BCUT2D eigenvalue weighted by molar-refractivity contribution is -0.163. The monoisotopic (exact) mass is 344 g/mol. The molecule has 0 aliphatic carbocycles. The van der Waals surface area contributed by atoms with Crippen LogP contribution in [0.1, 0.15) is 65.2 Å². The van der Waals surface area contributed by atoms with Gasteiger partial charge >= 0.3 is 11.9 Å². The van der Waals surface area contributed by atoms with Gasteiger partial charge in [0.15, 0.2) is 12.2 Å². The first-order valence-electron chi connectivity index (χ1n) is 9.25. The third-order valence-electron chi connectivity index (χ3n) is 3.97. The largest absolute Gasteiger partial charge is 0.465 e. The van der Waals surface area contributed by atoms with Gasteiger partial charge in [-0.1, -0.05) is 19.3 Å². The van der Waals surface area contributed by atoms with Gasteiger partial charge in [0, 0.05) is 13.2 Å². The van der Waals surface area contributed by atoms with Crippen LogP contribution in [0, 0.1) is 5.92 Å². The number of carbonyl (C=O) groups excluding carboxylic acids is 2. The quantitative estimate of drug-likeness (QED) is 0.307. The first-order chi connectivity index (χ1) is 11.7. The lowest BCUT2D eigenvalue weighted by atomic mass is 10.0. The topological polar surface area (TPSA) is 71.1 Å². The molecule has 1 saturated heterocycles. The summed E-state index contributed by atoms with van der Waals surface area (Å²) in [4.78, 5) is 23.7. The van der Waals surface area contributed by atoms with Gasteiger partial charge in [-0.05, 0) is 46.0 Å². The SMILES string of the molecule is CCOC(=O)C(CCCCCCOC1CCCCO1)C(=O)OCC. The number of esters is 2. The molecule has 0 amide bonds. The highest BCUT2D eigenvalue weighted by atomic mass is 16.7. The van der Waals surface area contributed by atoms with Crippen molar-refractivity contribution < 1.29 is 28.5 Å². The highest BCUT2D eigenvalue weighted by Crippen LogP contribution is 2.16. The van der Waals surface area contributed by atoms with E-state index in [0.717, 1.165) is 45.1 Å². The summed E-state index contributed by atoms with van der Waals surface area (Å²) in [5.74, 6) is -1.75. The van der Waals surface area contributed by atoms with Crippen LogP contribution in [0.2, 0.25) is 0 Å². The molecule has 1 heterocycles. The van der Waals surface area contributed by atoms with Crippen molar-refractivity contribution in [1.82, 2.24) is 0 Å². The summed E-state index contributed by atoms with van der Waals surface area (Å²) in [6, 6.07) is 0. The molecule has 6 nitrogen and oxygen atoms in total. The minimum Gasteiger partial charge on any atom is -0.465 e. The van der Waals surface area contributed by atoms with Crippen molar-refractivity contribution in [3.63, 3.8) is 0 Å². The van der Waals surface area contributed by atoms with Gasteiger partial charge in [0.1, 0.15) is 0 Å². The molecule has 0 bridgehead atoms. The van der Waals surface area contributed by atoms with Crippen molar-refractivity contribution in [2.24, 2.45) is 5.92 Å². The third kappa shape index (κ3) is 8.64. The predicted octanol–water partition coefficient (Wildman–Crippen LogP) is 3.22. The summed E-state index contributed by atoms with van der Waals surface area (Å²) >= 11 is 0. The second kappa shape index (κ2) is 13.2. The Balaban J connectivity index is 2.12. The molecule has 0 saturated carbocycles. The zero-order valence-corrected chi connectivity index (χ0v) is 15.1. The molecule has 0 radical (unpaired) electrons. The molecule has 0 aromatic carbocycles. The fraction of sp³-hybridized carbons (Fsp3) is 0.889. The first kappa shape index (κ1) is 20.9. The molecule has 1 unspecified atom stereocenters. The average Bonchev–Trinajstić information content (AvgIpc) is 2.58. The summed E-state index contributed by atoms with van der Waals surface area (Å²) in [5.41, 5.74) is 0. The lowest BCUT2D eigenvalue weighted by Crippen LogP contribution is -2.28. The maximum Gasteiger partial charge on any atom is 0.320 e. The molecule has 1 aliphatic heterocycles. The van der Waals surface area contributed by atoms with Gasteiger partial charge in [0.2, 0.25) is 0 Å². The molecule has 1 fully saturated rings. The van der Waals surface area contributed by atoms with Crippen LogP contribution in [0.3, 0.4) is 0 Å². The standard InChI is InChI=1S/C18H32O6/c1-3-21-17(19)15(18(20)22-4-2)11-7-5-6-9-13-23-16-12-8-10-14-24-16/h15-16H,3-14H2,1-2H3. The molecule has 24 heavy (non-hydrogen) atoms. The van der Waals surface area contributed by atoms with E-state index in [1.165, 1.54) is 6.42 Å². The van der Waals surface area contributed by atoms with E-state index in [1.54, 1.807) is 13.8 Å². The molecule has 1 aliphatic rings. The van der Waals surface area contributed by atoms with Crippen molar-refractivity contribution in [2.75, 3.05) is 26.4 Å². The molecule has 1 rings (SSSR count). The van der Waals surface area contributed by atoms with E-state index in [0.29, 0.717) is 13.0 Å². The van der Waals surface area contributed by atoms with E-state index >= 15 is 0 Å². The highest BCUT2D eigenvalue weighted by Gasteiger charge is 2.28. The molecule has 0 aromatic rings. The van der Waals surface area contributed by atoms with Gasteiger partial charge in [-0.2, -0.15) is 0 Å². The second-order valence-electron chi connectivity index (χ2n) is 5.93. The van der Waals surface area contributed by atoms with Crippen LogP contribution in [-0.4, -0.2) is 44.7 Å². The number of carbonyl (C=O) groups is 2. The maximum atomic E-state index is 11.8. The molecule has 6 heteroatoms. The van der Waals surface area contributed by atoms with E-state index in [2.05, 4.69) is 0 Å². The number of rotatable bonds is 12. The zero-order chi connectivity index (χ0) is 17.6. The smallest absolute Gasteiger partial charge is 0.320 e. The molecule has 140 valence electrons. The van der Waals surface area contributed by atoms with Crippen LogP contribution in [0.15, 0.2) is 0 Å². The van der Waals surface area contributed by atoms with E-state index in [-0.39, 0.29) is 19.5 Å². The van der Waals surface area contributed by atoms with Crippen LogP contribution in [-0.2, 0) is 28.5 Å². The molecular formula is C18H32O6. The molecule has 0 N–H and O–H groups in total. The lowest BCUT2D eigenvalue weighted by Gasteiger charge is -2.22. The number of hydrogen-bond donors (Lipinski definition) is 0. The summed E-state index contributed by atoms with van der Waals surface area (Å²) < 4.78 is 21.1. The summed E-state index contributed by atoms with van der Waals surface area (Å²) in [7, 11) is 0. The maximum absolute atomic E-state index is 11.8. The fourth-order valence-electron chi connectivity index (χ4n) is 2.68. The Labute approximate surface area is 145 Å². The van der Waals surface area contributed by atoms with Crippen LogP contribution in [0.5, 0.6) is 0 Å². The van der Waals surface area contributed by atoms with E-state index in [1.807, 2.05) is 0 Å². The van der Waals surface area contributed by atoms with E-state index in [9.17, 15) is 9.59 Å². The molecule has 0 aromatic heterocycles. The Morgan fingerprint density at radius 1 is 1.00 bits per heavy atom.